The van der Waals surface area contributed by atoms with Crippen LogP contribution in [0.4, 0.5) is 18.9 Å². The first-order valence-electron chi connectivity index (χ1n) is 9.15. The van der Waals surface area contributed by atoms with E-state index in [2.05, 4.69) is 27.1 Å². The molecular formula is C21H17F3N4O2. The lowest BCUT2D eigenvalue weighted by molar-refractivity contribution is 0.0177. The van der Waals surface area contributed by atoms with Crippen molar-refractivity contribution in [2.45, 2.75) is 31.4 Å². The number of amidine groups is 1. The lowest BCUT2D eigenvalue weighted by Crippen LogP contribution is -2.43. The van der Waals surface area contributed by atoms with Gasteiger partial charge in [0.1, 0.15) is 17.6 Å². The van der Waals surface area contributed by atoms with Crippen LogP contribution in [0.15, 0.2) is 41.5 Å². The van der Waals surface area contributed by atoms with Crippen molar-refractivity contribution in [3.8, 4) is 11.8 Å². The second-order valence-electron chi connectivity index (χ2n) is 7.03. The summed E-state index contributed by atoms with van der Waals surface area (Å²) in [6, 6.07) is 6.17. The highest BCUT2D eigenvalue weighted by Crippen LogP contribution is 2.56. The standard InChI is InChI=1S/C21H17F3N4O2/c1-2-3-11-4-7-16(26-10-11)18(29)27-12-5-6-15(22)13(8-12)21(19(23)24)14-9-17(14)30-20(25)28-21/h4-8,10,14,17,19H,9H2,1H3,(H2,25,28)(H,27,29)/t14-,17+,21+/m0/s1. The number of pyridine rings is 1. The summed E-state index contributed by atoms with van der Waals surface area (Å²) in [6.45, 7) is 1.68. The Kier molecular flexibility index (Phi) is 4.86. The van der Waals surface area contributed by atoms with Gasteiger partial charge >= 0.3 is 0 Å². The Bertz CT molecular complexity index is 1090. The Labute approximate surface area is 170 Å². The van der Waals surface area contributed by atoms with Gasteiger partial charge in [0.05, 0.1) is 0 Å². The number of amides is 1. The molecule has 0 spiro atoms. The van der Waals surface area contributed by atoms with Crippen LogP contribution in [0.25, 0.3) is 0 Å². The number of carbonyl (C=O) groups is 1. The van der Waals surface area contributed by atoms with Gasteiger partial charge in [-0.15, -0.1) is 5.92 Å². The van der Waals surface area contributed by atoms with Crippen molar-refractivity contribution >= 4 is 17.6 Å². The van der Waals surface area contributed by atoms with Crippen molar-refractivity contribution in [1.82, 2.24) is 4.98 Å². The Morgan fingerprint density at radius 1 is 1.37 bits per heavy atom. The largest absolute Gasteiger partial charge is 0.462 e. The van der Waals surface area contributed by atoms with Crippen LogP contribution in [0.2, 0.25) is 0 Å². The third-order valence-corrected chi connectivity index (χ3v) is 5.12. The highest BCUT2D eigenvalue weighted by atomic mass is 19.3. The predicted octanol–water partition coefficient (Wildman–Crippen LogP) is 3.04. The highest BCUT2D eigenvalue weighted by molar-refractivity contribution is 6.02. The second-order valence-corrected chi connectivity index (χ2v) is 7.03. The van der Waals surface area contributed by atoms with Crippen LogP contribution in [0, 0.1) is 23.6 Å². The molecule has 1 amide bonds. The number of benzene rings is 1. The Hall–Kier alpha value is -3.54. The molecule has 1 aliphatic carbocycles. The van der Waals surface area contributed by atoms with E-state index in [1.807, 2.05) is 0 Å². The topological polar surface area (TPSA) is 89.6 Å². The summed E-state index contributed by atoms with van der Waals surface area (Å²) in [7, 11) is 0. The predicted molar refractivity (Wildman–Crippen MR) is 103 cm³/mol. The maximum atomic E-state index is 14.6. The number of anilines is 1. The Morgan fingerprint density at radius 3 is 2.83 bits per heavy atom. The molecule has 2 aromatic rings. The minimum Gasteiger partial charge on any atom is -0.462 e. The molecule has 2 heterocycles. The molecule has 3 atom stereocenters. The summed E-state index contributed by atoms with van der Waals surface area (Å²) >= 11 is 0. The third-order valence-electron chi connectivity index (χ3n) is 5.12. The number of aromatic nitrogens is 1. The normalized spacial score (nSPS) is 24.1. The van der Waals surface area contributed by atoms with Gasteiger partial charge in [0.15, 0.2) is 5.54 Å². The number of hydrogen-bond donors (Lipinski definition) is 2. The van der Waals surface area contributed by atoms with Gasteiger partial charge in [-0.2, -0.15) is 0 Å². The molecule has 1 aromatic heterocycles. The van der Waals surface area contributed by atoms with Crippen LogP contribution in [0.1, 0.15) is 35.0 Å². The summed E-state index contributed by atoms with van der Waals surface area (Å²) in [5.74, 6) is 3.40. The molecule has 9 heteroatoms. The molecule has 1 saturated carbocycles. The number of alkyl halides is 2. The van der Waals surface area contributed by atoms with Gasteiger partial charge in [-0.1, -0.05) is 5.92 Å². The average Bonchev–Trinajstić information content (AvgIpc) is 3.49. The number of ether oxygens (including phenoxy) is 1. The van der Waals surface area contributed by atoms with E-state index in [-0.39, 0.29) is 16.9 Å². The molecule has 30 heavy (non-hydrogen) atoms. The number of halogens is 3. The van der Waals surface area contributed by atoms with Crippen LogP contribution in [-0.4, -0.2) is 29.4 Å². The first kappa shape index (κ1) is 19.8. The number of nitrogens with one attached hydrogen (secondary N) is 1. The third kappa shape index (κ3) is 3.34. The molecule has 1 aliphatic heterocycles. The highest BCUT2D eigenvalue weighted by Gasteiger charge is 2.64. The summed E-state index contributed by atoms with van der Waals surface area (Å²) in [5.41, 5.74) is 3.95. The summed E-state index contributed by atoms with van der Waals surface area (Å²) in [6.07, 6.45) is -1.80. The van der Waals surface area contributed by atoms with Crippen LogP contribution in [-0.2, 0) is 10.3 Å². The lowest BCUT2D eigenvalue weighted by Gasteiger charge is -2.33. The van der Waals surface area contributed by atoms with Crippen molar-refractivity contribution < 1.29 is 22.7 Å². The molecular weight excluding hydrogens is 397 g/mol. The van der Waals surface area contributed by atoms with Crippen molar-refractivity contribution in [1.29, 1.82) is 0 Å². The quantitative estimate of drug-likeness (QED) is 0.753. The number of carbonyl (C=O) groups excluding carboxylic acids is 1. The van der Waals surface area contributed by atoms with E-state index in [0.717, 1.165) is 12.1 Å². The van der Waals surface area contributed by atoms with Gasteiger partial charge in [0.25, 0.3) is 18.4 Å². The number of hydrogen-bond acceptors (Lipinski definition) is 5. The van der Waals surface area contributed by atoms with Gasteiger partial charge < -0.3 is 15.8 Å². The molecule has 0 radical (unpaired) electrons. The van der Waals surface area contributed by atoms with E-state index in [9.17, 15) is 18.0 Å². The van der Waals surface area contributed by atoms with Crippen LogP contribution < -0.4 is 11.1 Å². The maximum Gasteiger partial charge on any atom is 0.283 e. The molecule has 2 aliphatic rings. The van der Waals surface area contributed by atoms with Crippen molar-refractivity contribution in [2.24, 2.45) is 16.6 Å². The Morgan fingerprint density at radius 2 is 2.17 bits per heavy atom. The van der Waals surface area contributed by atoms with Gasteiger partial charge in [0.2, 0.25) is 0 Å². The molecule has 1 fully saturated rings. The van der Waals surface area contributed by atoms with Crippen LogP contribution in [0.3, 0.4) is 0 Å². The van der Waals surface area contributed by atoms with Crippen LogP contribution in [0.5, 0.6) is 0 Å². The smallest absolute Gasteiger partial charge is 0.283 e. The van der Waals surface area contributed by atoms with Crippen molar-refractivity contribution in [3.63, 3.8) is 0 Å². The number of nitrogens with zero attached hydrogens (tertiary/aromatic N) is 2. The van der Waals surface area contributed by atoms with E-state index in [1.54, 1.807) is 13.0 Å². The SMILES string of the molecule is CC#Cc1ccc(C(=O)Nc2ccc(F)c([C@@]3(C(F)F)N=C(N)O[C@@H]4C[C@@H]43)c2)nc1. The average molecular weight is 414 g/mol. The number of fused-ring (bicyclic) bond motifs is 1. The van der Waals surface area contributed by atoms with Crippen molar-refractivity contribution in [2.75, 3.05) is 5.32 Å². The number of nitrogens with two attached hydrogens (primary N) is 1. The monoisotopic (exact) mass is 414 g/mol. The molecule has 6 nitrogen and oxygen atoms in total. The maximum absolute atomic E-state index is 14.6. The van der Waals surface area contributed by atoms with E-state index in [4.69, 9.17) is 10.5 Å². The zero-order chi connectivity index (χ0) is 21.5. The fourth-order valence-electron chi connectivity index (χ4n) is 3.65. The number of rotatable bonds is 4. The van der Waals surface area contributed by atoms with Gasteiger partial charge in [0, 0.05) is 28.9 Å². The minimum atomic E-state index is -3.01. The molecule has 4 rings (SSSR count). The summed E-state index contributed by atoms with van der Waals surface area (Å²) < 4.78 is 48.1. The van der Waals surface area contributed by atoms with E-state index in [0.29, 0.717) is 12.0 Å². The summed E-state index contributed by atoms with van der Waals surface area (Å²) in [4.78, 5) is 20.3. The van der Waals surface area contributed by atoms with E-state index < -0.39 is 41.7 Å². The lowest BCUT2D eigenvalue weighted by atomic mass is 9.84. The molecule has 154 valence electrons. The minimum absolute atomic E-state index is 0.0988. The van der Waals surface area contributed by atoms with E-state index in [1.165, 1.54) is 18.3 Å². The second kappa shape index (κ2) is 7.37. The summed E-state index contributed by atoms with van der Waals surface area (Å²) in [5, 5.41) is 2.55. The van der Waals surface area contributed by atoms with Gasteiger partial charge in [-0.05, 0) is 43.7 Å². The van der Waals surface area contributed by atoms with Gasteiger partial charge in [-0.25, -0.2) is 23.1 Å². The zero-order valence-corrected chi connectivity index (χ0v) is 15.8. The Balaban J connectivity index is 1.65. The van der Waals surface area contributed by atoms with Crippen LogP contribution >= 0.6 is 0 Å². The zero-order valence-electron chi connectivity index (χ0n) is 15.8. The fourth-order valence-corrected chi connectivity index (χ4v) is 3.65. The number of aliphatic imine (C=N–C) groups is 1. The molecule has 3 N–H and O–H groups in total. The molecule has 0 bridgehead atoms. The first-order chi connectivity index (χ1) is 14.3. The van der Waals surface area contributed by atoms with Crippen molar-refractivity contribution in [3.05, 3.63) is 59.2 Å². The first-order valence-corrected chi connectivity index (χ1v) is 9.15. The fraction of sp³-hybridized carbons (Fsp3) is 0.286. The van der Waals surface area contributed by atoms with E-state index >= 15 is 0 Å². The molecule has 0 saturated heterocycles. The molecule has 1 aromatic carbocycles. The van der Waals surface area contributed by atoms with Gasteiger partial charge in [-0.3, -0.25) is 4.79 Å². The molecule has 0 unspecified atom stereocenters.